The first-order chi connectivity index (χ1) is 14.5. The zero-order valence-corrected chi connectivity index (χ0v) is 18.0. The van der Waals surface area contributed by atoms with Crippen LogP contribution in [0.1, 0.15) is 49.8 Å². The highest BCUT2D eigenvalue weighted by Crippen LogP contribution is 2.32. The molecule has 1 saturated carbocycles. The van der Waals surface area contributed by atoms with Crippen LogP contribution < -0.4 is 0 Å². The maximum atomic E-state index is 12.9. The van der Waals surface area contributed by atoms with E-state index < -0.39 is 6.10 Å². The van der Waals surface area contributed by atoms with Crippen LogP contribution >= 0.6 is 0 Å². The van der Waals surface area contributed by atoms with Crippen LogP contribution in [-0.4, -0.2) is 54.2 Å². The lowest BCUT2D eigenvalue weighted by Crippen LogP contribution is -2.50. The monoisotopic (exact) mass is 409 g/mol. The molecule has 1 aliphatic rings. The predicted octanol–water partition coefficient (Wildman–Crippen LogP) is 3.24. The number of nitrogens with zero attached hydrogens (tertiary/aromatic N) is 5. The van der Waals surface area contributed by atoms with Gasteiger partial charge in [-0.25, -0.2) is 9.97 Å². The number of imidazole rings is 2. The summed E-state index contributed by atoms with van der Waals surface area (Å²) in [5, 5.41) is 11.0. The number of hydrogen-bond donors (Lipinski definition) is 1. The summed E-state index contributed by atoms with van der Waals surface area (Å²) in [5.74, 6) is 1.96. The molecular formula is C23H31N5O2. The summed E-state index contributed by atoms with van der Waals surface area (Å²) in [5.41, 5.74) is 2.10. The van der Waals surface area contributed by atoms with Gasteiger partial charge in [0.05, 0.1) is 29.2 Å². The minimum atomic E-state index is -0.583. The fraction of sp³-hybridized carbons (Fsp3) is 0.522. The van der Waals surface area contributed by atoms with Crippen molar-refractivity contribution in [3.8, 4) is 0 Å². The molecule has 0 radical (unpaired) electrons. The number of aliphatic hydroxyl groups is 1. The Balaban J connectivity index is 1.37. The number of fused-ring (bicyclic) bond motifs is 1. The van der Waals surface area contributed by atoms with Crippen LogP contribution in [0.5, 0.6) is 0 Å². The Morgan fingerprint density at radius 1 is 1.23 bits per heavy atom. The summed E-state index contributed by atoms with van der Waals surface area (Å²) < 4.78 is 4.22. The number of amides is 1. The van der Waals surface area contributed by atoms with E-state index in [4.69, 9.17) is 0 Å². The number of carbonyl (C=O) groups excluding carboxylic acids is 1. The number of aliphatic hydroxyl groups excluding tert-OH is 1. The molecule has 3 aromatic rings. The van der Waals surface area contributed by atoms with E-state index in [-0.39, 0.29) is 18.0 Å². The fourth-order valence-electron chi connectivity index (χ4n) is 4.83. The second-order valence-electron chi connectivity index (χ2n) is 8.35. The van der Waals surface area contributed by atoms with Gasteiger partial charge >= 0.3 is 0 Å². The van der Waals surface area contributed by atoms with Crippen molar-refractivity contribution < 1.29 is 9.90 Å². The molecule has 2 heterocycles. The standard InChI is InChI=1S/C23H31N5O2/c1-16-24-13-15-28(16)21-11-6-10-20(23(21)30)26(3)22(29)12-7-14-27-17(2)25-18-8-4-5-9-19(18)27/h4-5,8-9,13,15,20-21,23,30H,6-7,10-12,14H2,1-3H3/t20-,21-,23-/m1/s1. The van der Waals surface area contributed by atoms with Crippen molar-refractivity contribution in [3.05, 3.63) is 48.3 Å². The van der Waals surface area contributed by atoms with E-state index in [1.54, 1.807) is 11.1 Å². The molecule has 1 N–H and O–H groups in total. The van der Waals surface area contributed by atoms with Gasteiger partial charge < -0.3 is 19.1 Å². The third kappa shape index (κ3) is 3.86. The minimum absolute atomic E-state index is 0.0264. The Kier molecular flexibility index (Phi) is 5.90. The SMILES string of the molecule is Cc1nccn1[C@@H]1CCC[C@@H](N(C)C(=O)CCCn2c(C)nc3ccccc32)[C@H]1O. The number of aromatic nitrogens is 4. The van der Waals surface area contributed by atoms with E-state index in [9.17, 15) is 9.90 Å². The normalized spacial score (nSPS) is 21.8. The van der Waals surface area contributed by atoms with E-state index in [0.717, 1.165) is 54.9 Å². The summed E-state index contributed by atoms with van der Waals surface area (Å²) in [6.07, 6.45) is 7.04. The first-order valence-corrected chi connectivity index (χ1v) is 10.8. The zero-order chi connectivity index (χ0) is 21.3. The Bertz CT molecular complexity index is 1020. The lowest BCUT2D eigenvalue weighted by Gasteiger charge is -2.40. The van der Waals surface area contributed by atoms with Crippen molar-refractivity contribution in [2.24, 2.45) is 0 Å². The Morgan fingerprint density at radius 3 is 2.80 bits per heavy atom. The maximum absolute atomic E-state index is 12.9. The highest BCUT2D eigenvalue weighted by atomic mass is 16.3. The molecular weight excluding hydrogens is 378 g/mol. The molecule has 0 unspecified atom stereocenters. The van der Waals surface area contributed by atoms with Crippen LogP contribution in [0.25, 0.3) is 11.0 Å². The molecule has 1 aliphatic carbocycles. The van der Waals surface area contributed by atoms with Crippen LogP contribution in [0.2, 0.25) is 0 Å². The van der Waals surface area contributed by atoms with Gasteiger partial charge in [-0.15, -0.1) is 0 Å². The molecule has 2 aromatic heterocycles. The average Bonchev–Trinajstić information content (AvgIpc) is 3.30. The Labute approximate surface area is 177 Å². The second-order valence-corrected chi connectivity index (χ2v) is 8.35. The van der Waals surface area contributed by atoms with Gasteiger partial charge in [0.1, 0.15) is 11.6 Å². The van der Waals surface area contributed by atoms with Crippen LogP contribution in [0.15, 0.2) is 36.7 Å². The smallest absolute Gasteiger partial charge is 0.222 e. The highest BCUT2D eigenvalue weighted by molar-refractivity contribution is 5.77. The predicted molar refractivity (Wildman–Crippen MR) is 116 cm³/mol. The molecule has 0 spiro atoms. The first kappa shape index (κ1) is 20.6. The topological polar surface area (TPSA) is 76.2 Å². The number of para-hydroxylation sites is 2. The number of rotatable bonds is 6. The number of likely N-dealkylation sites (N-methyl/N-ethyl adjacent to an activating group) is 1. The van der Waals surface area contributed by atoms with Gasteiger partial charge in [-0.2, -0.15) is 0 Å². The van der Waals surface area contributed by atoms with E-state index in [2.05, 4.69) is 20.6 Å². The molecule has 0 bridgehead atoms. The van der Waals surface area contributed by atoms with Crippen LogP contribution in [0.3, 0.4) is 0 Å². The third-order valence-corrected chi connectivity index (χ3v) is 6.52. The molecule has 160 valence electrons. The van der Waals surface area contributed by atoms with E-state index in [0.29, 0.717) is 6.42 Å². The summed E-state index contributed by atoms with van der Waals surface area (Å²) in [6.45, 7) is 4.72. The van der Waals surface area contributed by atoms with Gasteiger partial charge in [-0.3, -0.25) is 4.79 Å². The van der Waals surface area contributed by atoms with Gasteiger partial charge in [-0.1, -0.05) is 12.1 Å². The van der Waals surface area contributed by atoms with Crippen molar-refractivity contribution >= 4 is 16.9 Å². The molecule has 0 saturated heterocycles. The molecule has 3 atom stereocenters. The number of carbonyl (C=O) groups is 1. The quantitative estimate of drug-likeness (QED) is 0.678. The molecule has 0 aliphatic heterocycles. The lowest BCUT2D eigenvalue weighted by molar-refractivity contribution is -0.136. The van der Waals surface area contributed by atoms with Gasteiger partial charge in [-0.05, 0) is 51.7 Å². The second kappa shape index (κ2) is 8.60. The molecule has 7 nitrogen and oxygen atoms in total. The van der Waals surface area contributed by atoms with Crippen molar-refractivity contribution in [2.75, 3.05) is 7.05 Å². The maximum Gasteiger partial charge on any atom is 0.222 e. The Morgan fingerprint density at radius 2 is 2.03 bits per heavy atom. The zero-order valence-electron chi connectivity index (χ0n) is 18.0. The third-order valence-electron chi connectivity index (χ3n) is 6.52. The minimum Gasteiger partial charge on any atom is -0.389 e. The largest absolute Gasteiger partial charge is 0.389 e. The van der Waals surface area contributed by atoms with Gasteiger partial charge in [0.25, 0.3) is 0 Å². The fourth-order valence-corrected chi connectivity index (χ4v) is 4.83. The van der Waals surface area contributed by atoms with Crippen molar-refractivity contribution in [1.82, 2.24) is 24.0 Å². The van der Waals surface area contributed by atoms with E-state index in [1.165, 1.54) is 0 Å². The molecule has 7 heteroatoms. The van der Waals surface area contributed by atoms with E-state index in [1.807, 2.05) is 49.9 Å². The number of benzene rings is 1. The van der Waals surface area contributed by atoms with Crippen molar-refractivity contribution in [2.45, 2.75) is 70.7 Å². The van der Waals surface area contributed by atoms with Crippen molar-refractivity contribution in [1.29, 1.82) is 0 Å². The van der Waals surface area contributed by atoms with Gasteiger partial charge in [0, 0.05) is 32.4 Å². The van der Waals surface area contributed by atoms with E-state index >= 15 is 0 Å². The summed E-state index contributed by atoms with van der Waals surface area (Å²) in [4.78, 5) is 23.5. The Hall–Kier alpha value is -2.67. The molecule has 1 aromatic carbocycles. The number of hydrogen-bond acceptors (Lipinski definition) is 4. The summed E-state index contributed by atoms with van der Waals surface area (Å²) >= 11 is 0. The van der Waals surface area contributed by atoms with Crippen molar-refractivity contribution in [3.63, 3.8) is 0 Å². The highest BCUT2D eigenvalue weighted by Gasteiger charge is 2.37. The molecule has 1 fully saturated rings. The van der Waals surface area contributed by atoms with Crippen LogP contribution in [-0.2, 0) is 11.3 Å². The van der Waals surface area contributed by atoms with Crippen LogP contribution in [0, 0.1) is 13.8 Å². The molecule has 30 heavy (non-hydrogen) atoms. The number of aryl methyl sites for hydroxylation is 3. The average molecular weight is 410 g/mol. The molecule has 1 amide bonds. The van der Waals surface area contributed by atoms with Gasteiger partial charge in [0.15, 0.2) is 0 Å². The van der Waals surface area contributed by atoms with Gasteiger partial charge in [0.2, 0.25) is 5.91 Å². The lowest BCUT2D eigenvalue weighted by atomic mass is 9.86. The summed E-state index contributed by atoms with van der Waals surface area (Å²) in [7, 11) is 1.83. The van der Waals surface area contributed by atoms with Crippen LogP contribution in [0.4, 0.5) is 0 Å². The molecule has 4 rings (SSSR count). The first-order valence-electron chi connectivity index (χ1n) is 10.8. The summed E-state index contributed by atoms with van der Waals surface area (Å²) in [6, 6.07) is 7.91.